The highest BCUT2D eigenvalue weighted by atomic mass is 16.3. The number of rotatable bonds is 11. The number of amides is 1. The van der Waals surface area contributed by atoms with E-state index in [0.29, 0.717) is 24.0 Å². The normalized spacial score (nSPS) is 14.9. The molecule has 2 N–H and O–H groups in total. The van der Waals surface area contributed by atoms with Gasteiger partial charge in [0.15, 0.2) is 0 Å². The van der Waals surface area contributed by atoms with Crippen LogP contribution < -0.4 is 0 Å². The van der Waals surface area contributed by atoms with Crippen LogP contribution in [0.3, 0.4) is 0 Å². The maximum atomic E-state index is 13.6. The number of allylic oxidation sites excluding steroid dienone is 4. The van der Waals surface area contributed by atoms with Gasteiger partial charge in [-0.1, -0.05) is 62.3 Å². The number of carbonyl (C=O) groups is 1. The number of unbranched alkanes of at least 4 members (excludes halogenated alkanes) is 2. The van der Waals surface area contributed by atoms with Crippen LogP contribution in [0.4, 0.5) is 0 Å². The minimum Gasteiger partial charge on any atom is -0.508 e. The summed E-state index contributed by atoms with van der Waals surface area (Å²) >= 11 is 0. The molecule has 0 heterocycles. The van der Waals surface area contributed by atoms with Crippen LogP contribution in [0.2, 0.25) is 0 Å². The van der Waals surface area contributed by atoms with E-state index in [1.165, 1.54) is 17.6 Å². The lowest BCUT2D eigenvalue weighted by molar-refractivity contribution is 0.0691. The van der Waals surface area contributed by atoms with Gasteiger partial charge in [-0.3, -0.25) is 4.79 Å². The van der Waals surface area contributed by atoms with E-state index in [1.54, 1.807) is 6.07 Å². The molecular weight excluding hydrogens is 410 g/mol. The average Bonchev–Trinajstić information content (AvgIpc) is 2.78. The summed E-state index contributed by atoms with van der Waals surface area (Å²) in [6, 6.07) is 1.95. The molecule has 1 aliphatic rings. The van der Waals surface area contributed by atoms with Gasteiger partial charge in [-0.05, 0) is 77.3 Å². The lowest BCUT2D eigenvalue weighted by Crippen LogP contribution is -2.38. The quantitative estimate of drug-likeness (QED) is 0.269. The Morgan fingerprint density at radius 3 is 2.42 bits per heavy atom. The Balaban J connectivity index is 2.33. The first-order valence-corrected chi connectivity index (χ1v) is 12.9. The number of benzene rings is 1. The topological polar surface area (TPSA) is 60.8 Å². The van der Waals surface area contributed by atoms with Crippen molar-refractivity contribution >= 4 is 5.91 Å². The van der Waals surface area contributed by atoms with Crippen LogP contribution in [0.25, 0.3) is 0 Å². The zero-order chi connectivity index (χ0) is 24.4. The molecule has 1 fully saturated rings. The molecule has 4 heteroatoms. The van der Waals surface area contributed by atoms with Gasteiger partial charge in [0, 0.05) is 18.7 Å². The first kappa shape index (κ1) is 27.0. The molecule has 0 aliphatic heterocycles. The van der Waals surface area contributed by atoms with E-state index in [2.05, 4.69) is 39.8 Å². The second kappa shape index (κ2) is 13.5. The molecule has 0 atom stereocenters. The second-order valence-electron chi connectivity index (χ2n) is 10.00. The molecule has 0 bridgehead atoms. The standard InChI is InChI=1S/C29H45NO3/c1-6-7-9-15-23-20-26(31)25(19-18-22(4)14-12-13-21(2)3)28(32)27(23)29(33)30(5)24-16-10-8-11-17-24/h13,18,20,24,31-32H,6-12,14-17,19H2,1-5H3. The van der Waals surface area contributed by atoms with Gasteiger partial charge in [0.2, 0.25) is 0 Å². The predicted molar refractivity (Wildman–Crippen MR) is 138 cm³/mol. The number of carbonyl (C=O) groups excluding carboxylic acids is 1. The van der Waals surface area contributed by atoms with E-state index >= 15 is 0 Å². The molecule has 0 unspecified atom stereocenters. The zero-order valence-corrected chi connectivity index (χ0v) is 21.5. The Labute approximate surface area is 201 Å². The Bertz CT molecular complexity index is 843. The van der Waals surface area contributed by atoms with Gasteiger partial charge in [-0.15, -0.1) is 0 Å². The molecule has 33 heavy (non-hydrogen) atoms. The maximum Gasteiger partial charge on any atom is 0.257 e. The monoisotopic (exact) mass is 455 g/mol. The van der Waals surface area contributed by atoms with Crippen molar-refractivity contribution in [3.8, 4) is 11.5 Å². The summed E-state index contributed by atoms with van der Waals surface area (Å²) < 4.78 is 0. The van der Waals surface area contributed by atoms with Crippen LogP contribution in [0, 0.1) is 0 Å². The third-order valence-corrected chi connectivity index (χ3v) is 6.92. The van der Waals surface area contributed by atoms with Gasteiger partial charge in [0.05, 0.1) is 5.56 Å². The predicted octanol–water partition coefficient (Wildman–Crippen LogP) is 7.47. The molecule has 0 radical (unpaired) electrons. The molecule has 1 amide bonds. The van der Waals surface area contributed by atoms with Crippen molar-refractivity contribution in [3.63, 3.8) is 0 Å². The number of hydrogen-bond acceptors (Lipinski definition) is 3. The highest BCUT2D eigenvalue weighted by Gasteiger charge is 2.28. The van der Waals surface area contributed by atoms with Gasteiger partial charge in [0.25, 0.3) is 5.91 Å². The Kier molecular flexibility index (Phi) is 11.0. The van der Waals surface area contributed by atoms with Crippen LogP contribution in [-0.2, 0) is 12.8 Å². The molecule has 1 aliphatic carbocycles. The number of aryl methyl sites for hydroxylation is 1. The average molecular weight is 456 g/mol. The van der Waals surface area contributed by atoms with E-state index in [1.807, 2.05) is 11.9 Å². The van der Waals surface area contributed by atoms with E-state index in [-0.39, 0.29) is 23.4 Å². The van der Waals surface area contributed by atoms with Gasteiger partial charge in [-0.2, -0.15) is 0 Å². The molecule has 4 nitrogen and oxygen atoms in total. The summed E-state index contributed by atoms with van der Waals surface area (Å²) in [5, 5.41) is 22.0. The third kappa shape index (κ3) is 7.94. The Morgan fingerprint density at radius 2 is 1.79 bits per heavy atom. The van der Waals surface area contributed by atoms with Crippen LogP contribution in [0.5, 0.6) is 11.5 Å². The van der Waals surface area contributed by atoms with Gasteiger partial charge in [-0.25, -0.2) is 0 Å². The number of nitrogens with zero attached hydrogens (tertiary/aromatic N) is 1. The van der Waals surface area contributed by atoms with E-state index in [4.69, 9.17) is 0 Å². The Hall–Kier alpha value is -2.23. The number of phenolic OH excluding ortho intramolecular Hbond substituents is 2. The minimum absolute atomic E-state index is 0.0393. The van der Waals surface area contributed by atoms with Crippen molar-refractivity contribution in [1.29, 1.82) is 0 Å². The van der Waals surface area contributed by atoms with E-state index in [9.17, 15) is 15.0 Å². The third-order valence-electron chi connectivity index (χ3n) is 6.92. The molecule has 2 rings (SSSR count). The van der Waals surface area contributed by atoms with Crippen molar-refractivity contribution in [2.45, 2.75) is 111 Å². The summed E-state index contributed by atoms with van der Waals surface area (Å²) in [4.78, 5) is 15.4. The highest BCUT2D eigenvalue weighted by Crippen LogP contribution is 2.37. The molecule has 1 saturated carbocycles. The second-order valence-corrected chi connectivity index (χ2v) is 10.00. The minimum atomic E-state index is -0.114. The fourth-order valence-electron chi connectivity index (χ4n) is 4.73. The van der Waals surface area contributed by atoms with Gasteiger partial charge >= 0.3 is 0 Å². The highest BCUT2D eigenvalue weighted by molar-refractivity contribution is 5.99. The van der Waals surface area contributed by atoms with E-state index < -0.39 is 0 Å². The molecule has 184 valence electrons. The molecule has 0 saturated heterocycles. The van der Waals surface area contributed by atoms with Crippen LogP contribution in [-0.4, -0.2) is 34.1 Å². The lowest BCUT2D eigenvalue weighted by Gasteiger charge is -2.32. The first-order valence-electron chi connectivity index (χ1n) is 12.9. The first-order chi connectivity index (χ1) is 15.8. The molecular formula is C29H45NO3. The summed E-state index contributed by atoms with van der Waals surface area (Å²) in [5.41, 5.74) is 4.13. The van der Waals surface area contributed by atoms with Crippen molar-refractivity contribution in [2.24, 2.45) is 0 Å². The SMILES string of the molecule is CCCCCc1cc(O)c(CC=C(C)CCC=C(C)C)c(O)c1C(=O)N(C)C1CCCCC1. The molecule has 1 aromatic carbocycles. The fraction of sp³-hybridized carbons (Fsp3) is 0.621. The smallest absolute Gasteiger partial charge is 0.257 e. The van der Waals surface area contributed by atoms with Gasteiger partial charge < -0.3 is 15.1 Å². The summed E-state index contributed by atoms with van der Waals surface area (Å²) in [7, 11) is 1.87. The number of aromatic hydroxyl groups is 2. The number of phenols is 2. The van der Waals surface area contributed by atoms with Crippen LogP contribution in [0.1, 0.15) is 113 Å². The van der Waals surface area contributed by atoms with Crippen molar-refractivity contribution in [1.82, 2.24) is 4.90 Å². The molecule has 1 aromatic rings. The number of hydrogen-bond donors (Lipinski definition) is 2. The van der Waals surface area contributed by atoms with Crippen LogP contribution >= 0.6 is 0 Å². The lowest BCUT2D eigenvalue weighted by atomic mass is 9.91. The van der Waals surface area contributed by atoms with Crippen molar-refractivity contribution in [3.05, 3.63) is 46.1 Å². The molecule has 0 aromatic heterocycles. The van der Waals surface area contributed by atoms with Crippen LogP contribution in [0.15, 0.2) is 29.4 Å². The maximum absolute atomic E-state index is 13.6. The largest absolute Gasteiger partial charge is 0.508 e. The van der Waals surface area contributed by atoms with Gasteiger partial charge in [0.1, 0.15) is 11.5 Å². The summed E-state index contributed by atoms with van der Waals surface area (Å²) in [5.74, 6) is -0.0665. The Morgan fingerprint density at radius 1 is 1.09 bits per heavy atom. The van der Waals surface area contributed by atoms with Crippen molar-refractivity contribution < 1.29 is 15.0 Å². The zero-order valence-electron chi connectivity index (χ0n) is 21.5. The summed E-state index contributed by atoms with van der Waals surface area (Å²) in [6.07, 6.45) is 15.9. The van der Waals surface area contributed by atoms with Crippen molar-refractivity contribution in [2.75, 3.05) is 7.05 Å². The fourth-order valence-corrected chi connectivity index (χ4v) is 4.73. The summed E-state index contributed by atoms with van der Waals surface area (Å²) in [6.45, 7) is 8.42. The molecule has 0 spiro atoms. The van der Waals surface area contributed by atoms with E-state index in [0.717, 1.165) is 63.4 Å².